The van der Waals surface area contributed by atoms with E-state index in [-0.39, 0.29) is 35.2 Å². The largest absolute Gasteiger partial charge is 0.383 e. The number of nitrogens with one attached hydrogen (secondary N) is 2. The number of methoxy groups -OCH3 is 1. The third-order valence-corrected chi connectivity index (χ3v) is 5.89. The van der Waals surface area contributed by atoms with Crippen LogP contribution in [0.15, 0.2) is 17.2 Å². The van der Waals surface area contributed by atoms with Gasteiger partial charge in [-0.15, -0.1) is 0 Å². The van der Waals surface area contributed by atoms with Gasteiger partial charge in [0.25, 0.3) is 11.8 Å². The summed E-state index contributed by atoms with van der Waals surface area (Å²) in [5.41, 5.74) is -0.411. The van der Waals surface area contributed by atoms with Gasteiger partial charge >= 0.3 is 0 Å². The van der Waals surface area contributed by atoms with Crippen LogP contribution in [0.4, 0.5) is 0 Å². The maximum atomic E-state index is 13.0. The highest BCUT2D eigenvalue weighted by atomic mass is 16.5. The molecule has 0 unspecified atom stereocenters. The zero-order chi connectivity index (χ0) is 20.8. The number of nitrogens with zero attached hydrogens (tertiary/aromatic N) is 1. The van der Waals surface area contributed by atoms with E-state index in [1.807, 2.05) is 11.5 Å². The molecular formula is C22H33N3O4. The van der Waals surface area contributed by atoms with Crippen LogP contribution in [0.2, 0.25) is 0 Å². The molecule has 2 N–H and O–H groups in total. The van der Waals surface area contributed by atoms with Crippen molar-refractivity contribution < 1.29 is 14.3 Å². The molecule has 0 spiro atoms. The van der Waals surface area contributed by atoms with E-state index < -0.39 is 11.3 Å². The minimum Gasteiger partial charge on any atom is -0.383 e. The molecule has 2 amide bonds. The summed E-state index contributed by atoms with van der Waals surface area (Å²) in [5, 5.41) is 5.90. The smallest absolute Gasteiger partial charge is 0.257 e. The van der Waals surface area contributed by atoms with E-state index in [0.29, 0.717) is 13.0 Å². The predicted molar refractivity (Wildman–Crippen MR) is 111 cm³/mol. The van der Waals surface area contributed by atoms with Gasteiger partial charge < -0.3 is 19.9 Å². The monoisotopic (exact) mass is 403 g/mol. The van der Waals surface area contributed by atoms with Gasteiger partial charge in [0.2, 0.25) is 5.43 Å². The maximum Gasteiger partial charge on any atom is 0.257 e. The van der Waals surface area contributed by atoms with Gasteiger partial charge in [-0.05, 0) is 32.1 Å². The molecule has 7 heteroatoms. The summed E-state index contributed by atoms with van der Waals surface area (Å²) < 4.78 is 6.99. The highest BCUT2D eigenvalue weighted by molar-refractivity contribution is 5.99. The highest BCUT2D eigenvalue weighted by Gasteiger charge is 2.28. The van der Waals surface area contributed by atoms with E-state index in [4.69, 9.17) is 4.74 Å². The molecule has 0 saturated heterocycles. The van der Waals surface area contributed by atoms with Crippen LogP contribution in [0.3, 0.4) is 0 Å². The number of carbonyl (C=O) groups is 2. The molecule has 1 aromatic heterocycles. The Morgan fingerprint density at radius 2 is 1.69 bits per heavy atom. The third kappa shape index (κ3) is 5.69. The number of amides is 2. The topological polar surface area (TPSA) is 89.4 Å². The third-order valence-electron chi connectivity index (χ3n) is 5.89. The van der Waals surface area contributed by atoms with Crippen LogP contribution >= 0.6 is 0 Å². The van der Waals surface area contributed by atoms with Crippen LogP contribution in [0.5, 0.6) is 0 Å². The zero-order valence-electron chi connectivity index (χ0n) is 17.5. The Morgan fingerprint density at radius 1 is 1.07 bits per heavy atom. The Hall–Kier alpha value is -2.15. The van der Waals surface area contributed by atoms with Crippen LogP contribution in [0.1, 0.15) is 91.5 Å². The highest BCUT2D eigenvalue weighted by Crippen LogP contribution is 2.34. The van der Waals surface area contributed by atoms with E-state index in [1.165, 1.54) is 12.8 Å². The molecule has 0 aromatic carbocycles. The fourth-order valence-corrected chi connectivity index (χ4v) is 3.92. The van der Waals surface area contributed by atoms with Crippen LogP contribution in [-0.2, 0) is 4.74 Å². The molecule has 2 aliphatic carbocycles. The molecule has 7 nitrogen and oxygen atoms in total. The Morgan fingerprint density at radius 3 is 2.24 bits per heavy atom. The summed E-state index contributed by atoms with van der Waals surface area (Å²) in [4.78, 5) is 38.7. The lowest BCUT2D eigenvalue weighted by molar-refractivity contribution is 0.0892. The Labute approximate surface area is 172 Å². The van der Waals surface area contributed by atoms with Crippen molar-refractivity contribution in [3.05, 3.63) is 33.7 Å². The molecule has 29 heavy (non-hydrogen) atoms. The number of rotatable bonds is 8. The van der Waals surface area contributed by atoms with Crippen LogP contribution in [-0.4, -0.2) is 42.2 Å². The molecule has 0 radical (unpaired) electrons. The number of hydrogen-bond donors (Lipinski definition) is 2. The molecule has 1 heterocycles. The quantitative estimate of drug-likeness (QED) is 0.653. The normalized spacial score (nSPS) is 18.7. The van der Waals surface area contributed by atoms with Gasteiger partial charge in [0.15, 0.2) is 0 Å². The van der Waals surface area contributed by atoms with E-state index in [9.17, 15) is 14.4 Å². The molecule has 3 rings (SSSR count). The Bertz CT molecular complexity index is 777. The van der Waals surface area contributed by atoms with E-state index in [2.05, 4.69) is 10.6 Å². The minimum atomic E-state index is -0.502. The lowest BCUT2D eigenvalue weighted by atomic mass is 10.1. The number of carbonyl (C=O) groups excluding carboxylic acids is 2. The second kappa shape index (κ2) is 10.1. The second-order valence-electron chi connectivity index (χ2n) is 8.29. The average molecular weight is 404 g/mol. The zero-order valence-corrected chi connectivity index (χ0v) is 17.5. The van der Waals surface area contributed by atoms with Crippen molar-refractivity contribution in [2.45, 2.75) is 82.8 Å². The van der Waals surface area contributed by atoms with Crippen molar-refractivity contribution in [1.82, 2.24) is 15.2 Å². The molecule has 160 valence electrons. The number of ether oxygens (including phenoxy) is 1. The summed E-state index contributed by atoms with van der Waals surface area (Å²) >= 11 is 0. The first-order valence-electron chi connectivity index (χ1n) is 10.9. The molecule has 1 atom stereocenters. The SMILES string of the molecule is CC[C@@H](COC)NC(=O)c1cn(C2CC2)cc(C(=O)NC2CCCCCC2)c1=O. The first-order valence-corrected chi connectivity index (χ1v) is 10.9. The van der Waals surface area contributed by atoms with Gasteiger partial charge in [0.1, 0.15) is 11.1 Å². The van der Waals surface area contributed by atoms with Crippen LogP contribution in [0, 0.1) is 0 Å². The van der Waals surface area contributed by atoms with Crippen LogP contribution < -0.4 is 16.1 Å². The lowest BCUT2D eigenvalue weighted by Gasteiger charge is -2.18. The molecule has 2 fully saturated rings. The molecular weight excluding hydrogens is 370 g/mol. The molecule has 0 bridgehead atoms. The Balaban J connectivity index is 1.84. The summed E-state index contributed by atoms with van der Waals surface area (Å²) in [5.74, 6) is -0.813. The number of pyridine rings is 1. The van der Waals surface area contributed by atoms with Crippen molar-refractivity contribution in [3.8, 4) is 0 Å². The van der Waals surface area contributed by atoms with E-state index in [0.717, 1.165) is 38.5 Å². The summed E-state index contributed by atoms with van der Waals surface area (Å²) in [6.07, 6.45) is 12.4. The van der Waals surface area contributed by atoms with Gasteiger partial charge in [0, 0.05) is 31.6 Å². The van der Waals surface area contributed by atoms with Crippen molar-refractivity contribution >= 4 is 11.8 Å². The minimum absolute atomic E-state index is 0.0277. The van der Waals surface area contributed by atoms with Gasteiger partial charge in [-0.3, -0.25) is 14.4 Å². The molecule has 2 saturated carbocycles. The fourth-order valence-electron chi connectivity index (χ4n) is 3.92. The number of aromatic nitrogens is 1. The fraction of sp³-hybridized carbons (Fsp3) is 0.682. The molecule has 2 aliphatic rings. The first kappa shape index (κ1) is 21.6. The summed E-state index contributed by atoms with van der Waals surface area (Å²) in [7, 11) is 1.58. The van der Waals surface area contributed by atoms with Crippen LogP contribution in [0.25, 0.3) is 0 Å². The van der Waals surface area contributed by atoms with Gasteiger partial charge in [-0.2, -0.15) is 0 Å². The van der Waals surface area contributed by atoms with E-state index in [1.54, 1.807) is 19.5 Å². The molecule has 0 aliphatic heterocycles. The number of hydrogen-bond acceptors (Lipinski definition) is 4. The van der Waals surface area contributed by atoms with Crippen molar-refractivity contribution in [2.75, 3.05) is 13.7 Å². The standard InChI is InChI=1S/C22H33N3O4/c1-3-15(14-29-2)23-21(27)18-12-25(17-10-11-17)13-19(20(18)26)22(28)24-16-8-6-4-5-7-9-16/h12-13,15-17H,3-11,14H2,1-2H3,(H,23,27)(H,24,28)/t15-/m0/s1. The Kier molecular flexibility index (Phi) is 7.47. The van der Waals surface area contributed by atoms with Gasteiger partial charge in [0.05, 0.1) is 12.6 Å². The summed E-state index contributed by atoms with van der Waals surface area (Å²) in [6.45, 7) is 2.32. The average Bonchev–Trinajstić information content (AvgIpc) is 3.55. The van der Waals surface area contributed by atoms with Gasteiger partial charge in [-0.1, -0.05) is 32.6 Å². The first-order chi connectivity index (χ1) is 14.0. The van der Waals surface area contributed by atoms with Crippen molar-refractivity contribution in [2.24, 2.45) is 0 Å². The second-order valence-corrected chi connectivity index (χ2v) is 8.29. The molecule has 1 aromatic rings. The van der Waals surface area contributed by atoms with E-state index >= 15 is 0 Å². The maximum absolute atomic E-state index is 13.0. The summed E-state index contributed by atoms with van der Waals surface area (Å²) in [6, 6.07) is 0.180. The lowest BCUT2D eigenvalue weighted by Crippen LogP contribution is -2.42. The predicted octanol–water partition coefficient (Wildman–Crippen LogP) is 2.79. The van der Waals surface area contributed by atoms with Gasteiger partial charge in [-0.25, -0.2) is 0 Å². The van der Waals surface area contributed by atoms with Crippen molar-refractivity contribution in [1.29, 1.82) is 0 Å². The van der Waals surface area contributed by atoms with Crippen molar-refractivity contribution in [3.63, 3.8) is 0 Å².